The Morgan fingerprint density at radius 3 is 2.58 bits per heavy atom. The molecule has 180 valence electrons. The summed E-state index contributed by atoms with van der Waals surface area (Å²) < 4.78 is 0. The molecule has 3 aliphatic rings. The summed E-state index contributed by atoms with van der Waals surface area (Å²) in [5.41, 5.74) is 6.12. The first-order valence-corrected chi connectivity index (χ1v) is 12.7. The Labute approximate surface area is 200 Å². The molecule has 1 aromatic rings. The number of nitrogens with two attached hydrogens (primary N) is 1. The smallest absolute Gasteiger partial charge is 0.353 e. The molecule has 1 aromatic heterocycles. The highest BCUT2D eigenvalue weighted by Crippen LogP contribution is 2.52. The minimum atomic E-state index is -1.11. The fraction of sp³-hybridized carbons (Fsp3) is 0.619. The summed E-state index contributed by atoms with van der Waals surface area (Å²) in [5, 5.41) is 22.4. The van der Waals surface area contributed by atoms with Crippen LogP contribution in [-0.2, 0) is 9.59 Å². The van der Waals surface area contributed by atoms with Crippen LogP contribution in [0.5, 0.6) is 0 Å². The van der Waals surface area contributed by atoms with E-state index in [2.05, 4.69) is 9.88 Å². The molecule has 2 saturated heterocycles. The second-order valence-electron chi connectivity index (χ2n) is 8.98. The predicted octanol–water partition coefficient (Wildman–Crippen LogP) is 0.985. The minimum absolute atomic E-state index is 0.0196. The zero-order valence-electron chi connectivity index (χ0n) is 19.0. The molecule has 2 fully saturated rings. The van der Waals surface area contributed by atoms with Crippen LogP contribution in [0.15, 0.2) is 16.0 Å². The van der Waals surface area contributed by atoms with Gasteiger partial charge in [-0.2, -0.15) is 0 Å². The van der Waals surface area contributed by atoms with E-state index >= 15 is 0 Å². The van der Waals surface area contributed by atoms with E-state index in [1.165, 1.54) is 28.0 Å². The summed E-state index contributed by atoms with van der Waals surface area (Å²) >= 11 is 2.89. The van der Waals surface area contributed by atoms with Crippen molar-refractivity contribution in [1.29, 1.82) is 0 Å². The Hall–Kier alpha value is -2.15. The molecule has 0 radical (unpaired) electrons. The third-order valence-corrected chi connectivity index (χ3v) is 8.87. The molecule has 4 atom stereocenters. The molecule has 0 aliphatic carbocycles. The SMILES string of the molecule is CC(C)N(CN)C(=O)c1csc(N2CC(SC3=C(C(=O)O)N4C(=O)C([C@@H](C)O)C4[C@H]3C)C2)n1. The molecular weight excluding hydrogens is 466 g/mol. The first-order valence-electron chi connectivity index (χ1n) is 10.9. The number of carboxylic acids is 1. The van der Waals surface area contributed by atoms with Crippen LogP contribution in [0.25, 0.3) is 0 Å². The molecule has 3 aliphatic heterocycles. The summed E-state index contributed by atoms with van der Waals surface area (Å²) in [6.45, 7) is 8.75. The van der Waals surface area contributed by atoms with Gasteiger partial charge in [-0.15, -0.1) is 23.1 Å². The van der Waals surface area contributed by atoms with Crippen LogP contribution >= 0.6 is 23.1 Å². The van der Waals surface area contributed by atoms with Crippen LogP contribution in [0.4, 0.5) is 5.13 Å². The Bertz CT molecular complexity index is 1000. The number of rotatable bonds is 8. The lowest BCUT2D eigenvalue weighted by molar-refractivity contribution is -0.163. The number of aliphatic hydroxyl groups excluding tert-OH is 1. The van der Waals surface area contributed by atoms with Crippen molar-refractivity contribution < 1.29 is 24.6 Å². The second kappa shape index (κ2) is 8.90. The number of amides is 2. The maximum Gasteiger partial charge on any atom is 0.353 e. The summed E-state index contributed by atoms with van der Waals surface area (Å²) in [6, 6.07) is -0.324. The number of thioether (sulfide) groups is 1. The van der Waals surface area contributed by atoms with Crippen molar-refractivity contribution >= 4 is 46.0 Å². The van der Waals surface area contributed by atoms with Crippen molar-refractivity contribution in [1.82, 2.24) is 14.8 Å². The van der Waals surface area contributed by atoms with E-state index in [1.54, 1.807) is 17.2 Å². The van der Waals surface area contributed by atoms with Gasteiger partial charge >= 0.3 is 5.97 Å². The molecule has 33 heavy (non-hydrogen) atoms. The molecular formula is C21H29N5O5S2. The maximum atomic E-state index is 12.6. The zero-order valence-corrected chi connectivity index (χ0v) is 20.6. The maximum absolute atomic E-state index is 12.6. The van der Waals surface area contributed by atoms with Gasteiger partial charge in [0.25, 0.3) is 5.91 Å². The van der Waals surface area contributed by atoms with Gasteiger partial charge in [-0.05, 0) is 20.8 Å². The van der Waals surface area contributed by atoms with Gasteiger partial charge in [-0.1, -0.05) is 6.92 Å². The van der Waals surface area contributed by atoms with E-state index in [-0.39, 0.29) is 47.4 Å². The third kappa shape index (κ3) is 3.92. The molecule has 4 rings (SSSR count). The predicted molar refractivity (Wildman–Crippen MR) is 126 cm³/mol. The average Bonchev–Trinajstić information content (AvgIpc) is 3.26. The lowest BCUT2D eigenvalue weighted by Gasteiger charge is -2.46. The molecule has 4 N–H and O–H groups in total. The Balaban J connectivity index is 1.42. The molecule has 4 heterocycles. The van der Waals surface area contributed by atoms with Gasteiger partial charge < -0.3 is 30.6 Å². The number of carbonyl (C=O) groups excluding carboxylic acids is 2. The zero-order chi connectivity index (χ0) is 24.2. The van der Waals surface area contributed by atoms with Crippen molar-refractivity contribution in [2.24, 2.45) is 17.6 Å². The minimum Gasteiger partial charge on any atom is -0.477 e. The summed E-state index contributed by atoms with van der Waals surface area (Å²) in [7, 11) is 0. The molecule has 0 saturated carbocycles. The van der Waals surface area contributed by atoms with Crippen LogP contribution < -0.4 is 10.6 Å². The number of carbonyl (C=O) groups is 3. The van der Waals surface area contributed by atoms with E-state index in [0.29, 0.717) is 23.7 Å². The van der Waals surface area contributed by atoms with E-state index < -0.39 is 18.0 Å². The van der Waals surface area contributed by atoms with E-state index in [4.69, 9.17) is 5.73 Å². The number of aliphatic hydroxyl groups is 1. The van der Waals surface area contributed by atoms with E-state index in [9.17, 15) is 24.6 Å². The molecule has 0 spiro atoms. The molecule has 12 heteroatoms. The van der Waals surface area contributed by atoms with Crippen molar-refractivity contribution in [2.75, 3.05) is 24.7 Å². The standard InChI is InChI=1S/C21H29N5O5S2/c1-9(2)25(8-22)18(28)13-7-32-21(23-13)24-5-12(6-24)33-17-10(3)15-14(11(4)27)19(29)26(15)16(17)20(30)31/h7,9-12,14-15,27H,5-6,8,22H2,1-4H3,(H,30,31)/t10-,11-,14?,15?/m1/s1. The summed E-state index contributed by atoms with van der Waals surface area (Å²) in [4.78, 5) is 47.2. The number of carboxylic acid groups (broad SMARTS) is 1. The third-order valence-electron chi connectivity index (χ3n) is 6.52. The summed E-state index contributed by atoms with van der Waals surface area (Å²) in [6.07, 6.45) is -0.813. The highest BCUT2D eigenvalue weighted by molar-refractivity contribution is 8.03. The Morgan fingerprint density at radius 2 is 2.03 bits per heavy atom. The number of aromatic nitrogens is 1. The number of hydrogen-bond donors (Lipinski definition) is 3. The van der Waals surface area contributed by atoms with Gasteiger partial charge in [0.1, 0.15) is 11.4 Å². The van der Waals surface area contributed by atoms with Crippen LogP contribution in [0, 0.1) is 11.8 Å². The number of hydrogen-bond acceptors (Lipinski definition) is 9. The van der Waals surface area contributed by atoms with Crippen LogP contribution in [0.2, 0.25) is 0 Å². The van der Waals surface area contributed by atoms with Crippen LogP contribution in [0.3, 0.4) is 0 Å². The quantitative estimate of drug-likeness (QED) is 0.356. The number of aliphatic carboxylic acids is 1. The lowest BCUT2D eigenvalue weighted by Crippen LogP contribution is -2.63. The number of β-lactam (4-membered cyclic amide) rings is 1. The van der Waals surface area contributed by atoms with E-state index in [0.717, 1.165) is 5.13 Å². The molecule has 2 unspecified atom stereocenters. The second-order valence-corrected chi connectivity index (χ2v) is 11.2. The van der Waals surface area contributed by atoms with Gasteiger partial charge in [0.15, 0.2) is 5.13 Å². The first kappa shape index (κ1) is 24.0. The number of nitrogens with zero attached hydrogens (tertiary/aromatic N) is 4. The number of anilines is 1. The lowest BCUT2D eigenvalue weighted by atomic mass is 9.79. The van der Waals surface area contributed by atoms with Crippen LogP contribution in [0.1, 0.15) is 38.2 Å². The molecule has 10 nitrogen and oxygen atoms in total. The van der Waals surface area contributed by atoms with Crippen molar-refractivity contribution in [3.05, 3.63) is 21.7 Å². The van der Waals surface area contributed by atoms with Crippen LogP contribution in [-0.4, -0.2) is 86.0 Å². The van der Waals surface area contributed by atoms with Gasteiger partial charge in [0, 0.05) is 40.6 Å². The number of fused-ring (bicyclic) bond motifs is 1. The highest BCUT2D eigenvalue weighted by atomic mass is 32.2. The average molecular weight is 496 g/mol. The van der Waals surface area contributed by atoms with Gasteiger partial charge in [-0.3, -0.25) is 9.59 Å². The molecule has 2 amide bonds. The Morgan fingerprint density at radius 1 is 1.36 bits per heavy atom. The Kier molecular flexibility index (Phi) is 6.47. The van der Waals surface area contributed by atoms with E-state index in [1.807, 2.05) is 20.8 Å². The van der Waals surface area contributed by atoms with Crippen molar-refractivity contribution in [3.8, 4) is 0 Å². The topological polar surface area (TPSA) is 140 Å². The highest BCUT2D eigenvalue weighted by Gasteiger charge is 2.60. The number of thiazole rings is 1. The largest absolute Gasteiger partial charge is 0.477 e. The summed E-state index contributed by atoms with van der Waals surface area (Å²) in [5.74, 6) is -2.33. The first-order chi connectivity index (χ1) is 15.6. The van der Waals surface area contributed by atoms with Crippen molar-refractivity contribution in [2.45, 2.75) is 51.1 Å². The molecule has 0 bridgehead atoms. The normalized spacial score (nSPS) is 25.8. The van der Waals surface area contributed by atoms with Crippen molar-refractivity contribution in [3.63, 3.8) is 0 Å². The monoisotopic (exact) mass is 495 g/mol. The molecule has 0 aromatic carbocycles. The van der Waals surface area contributed by atoms with Gasteiger partial charge in [-0.25, -0.2) is 9.78 Å². The fourth-order valence-corrected chi connectivity index (χ4v) is 7.05. The van der Waals surface area contributed by atoms with Gasteiger partial charge in [0.05, 0.1) is 24.7 Å². The van der Waals surface area contributed by atoms with Gasteiger partial charge in [0.2, 0.25) is 5.91 Å². The fourth-order valence-electron chi connectivity index (χ4n) is 4.71.